The number of nitrogens with zero attached hydrogens (tertiary/aromatic N) is 1. The summed E-state index contributed by atoms with van der Waals surface area (Å²) in [5.74, 6) is -1.12. The Morgan fingerprint density at radius 2 is 2.16 bits per heavy atom. The van der Waals surface area contributed by atoms with E-state index in [2.05, 4.69) is 15.0 Å². The molecule has 2 aromatic heterocycles. The highest BCUT2D eigenvalue weighted by atomic mass is 32.1. The minimum atomic E-state index is -0.583. The van der Waals surface area contributed by atoms with Crippen LogP contribution in [0.4, 0.5) is 5.69 Å². The summed E-state index contributed by atoms with van der Waals surface area (Å²) >= 11 is 1.15. The van der Waals surface area contributed by atoms with Crippen molar-refractivity contribution < 1.29 is 14.3 Å². The lowest BCUT2D eigenvalue weighted by Gasteiger charge is -2.05. The van der Waals surface area contributed by atoms with Crippen molar-refractivity contribution in [2.75, 3.05) is 12.4 Å². The van der Waals surface area contributed by atoms with E-state index in [4.69, 9.17) is 0 Å². The van der Waals surface area contributed by atoms with Crippen molar-refractivity contribution in [1.29, 1.82) is 5.26 Å². The molecule has 3 aromatic rings. The maximum Gasteiger partial charge on any atom is 0.350 e. The van der Waals surface area contributed by atoms with Gasteiger partial charge in [-0.25, -0.2) is 4.79 Å². The lowest BCUT2D eigenvalue weighted by molar-refractivity contribution is -0.112. The second kappa shape index (κ2) is 7.03. The summed E-state index contributed by atoms with van der Waals surface area (Å²) in [6.45, 7) is 0. The van der Waals surface area contributed by atoms with Crippen molar-refractivity contribution in [3.8, 4) is 6.07 Å². The summed E-state index contributed by atoms with van der Waals surface area (Å²) in [5.41, 5.74) is 1.97. The van der Waals surface area contributed by atoms with Gasteiger partial charge in [-0.05, 0) is 46.7 Å². The molecule has 2 N–H and O–H groups in total. The van der Waals surface area contributed by atoms with Crippen molar-refractivity contribution in [3.05, 3.63) is 57.9 Å². The monoisotopic (exact) mass is 351 g/mol. The summed E-state index contributed by atoms with van der Waals surface area (Å²) in [7, 11) is 1.27. The van der Waals surface area contributed by atoms with E-state index in [1.807, 2.05) is 36.5 Å². The van der Waals surface area contributed by atoms with Crippen LogP contribution in [0.25, 0.3) is 17.0 Å². The van der Waals surface area contributed by atoms with Crippen LogP contribution in [-0.4, -0.2) is 24.0 Å². The average Bonchev–Trinajstić information content (AvgIpc) is 3.27. The molecule has 0 fully saturated rings. The molecule has 0 saturated heterocycles. The average molecular weight is 351 g/mol. The zero-order valence-electron chi connectivity index (χ0n) is 13.2. The molecule has 25 heavy (non-hydrogen) atoms. The Morgan fingerprint density at radius 3 is 2.92 bits per heavy atom. The van der Waals surface area contributed by atoms with Crippen molar-refractivity contribution in [2.24, 2.45) is 0 Å². The number of fused-ring (bicyclic) bond motifs is 1. The first-order chi connectivity index (χ1) is 12.1. The van der Waals surface area contributed by atoms with Gasteiger partial charge in [0.1, 0.15) is 16.5 Å². The van der Waals surface area contributed by atoms with Gasteiger partial charge in [0, 0.05) is 11.7 Å². The van der Waals surface area contributed by atoms with Gasteiger partial charge in [-0.15, -0.1) is 11.3 Å². The van der Waals surface area contributed by atoms with E-state index in [1.54, 1.807) is 11.4 Å². The van der Waals surface area contributed by atoms with Gasteiger partial charge >= 0.3 is 5.97 Å². The number of nitrogens with one attached hydrogen (secondary N) is 2. The van der Waals surface area contributed by atoms with E-state index in [1.165, 1.54) is 13.2 Å². The first kappa shape index (κ1) is 16.5. The van der Waals surface area contributed by atoms with E-state index in [9.17, 15) is 14.9 Å². The third kappa shape index (κ3) is 3.44. The van der Waals surface area contributed by atoms with Crippen LogP contribution in [0.15, 0.2) is 47.5 Å². The molecule has 0 saturated carbocycles. The van der Waals surface area contributed by atoms with Crippen LogP contribution >= 0.6 is 11.3 Å². The van der Waals surface area contributed by atoms with Crippen molar-refractivity contribution in [1.82, 2.24) is 4.98 Å². The minimum absolute atomic E-state index is 0.0584. The number of aromatic amines is 1. The Kier molecular flexibility index (Phi) is 4.64. The Hall–Kier alpha value is -3.37. The van der Waals surface area contributed by atoms with Crippen LogP contribution in [0.3, 0.4) is 0 Å². The third-order valence-electron chi connectivity index (χ3n) is 3.54. The molecule has 6 nitrogen and oxygen atoms in total. The molecule has 3 rings (SSSR count). The van der Waals surface area contributed by atoms with Crippen molar-refractivity contribution in [2.45, 2.75) is 0 Å². The molecule has 0 aliphatic rings. The van der Waals surface area contributed by atoms with E-state index in [0.29, 0.717) is 5.69 Å². The molecule has 2 heterocycles. The summed E-state index contributed by atoms with van der Waals surface area (Å²) in [5, 5.41) is 14.5. The molecule has 0 spiro atoms. The lowest BCUT2D eigenvalue weighted by Crippen LogP contribution is -2.15. The normalized spacial score (nSPS) is 11.1. The topological polar surface area (TPSA) is 95.0 Å². The van der Waals surface area contributed by atoms with Crippen LogP contribution in [0.2, 0.25) is 0 Å². The van der Waals surface area contributed by atoms with Crippen molar-refractivity contribution >= 4 is 45.9 Å². The summed E-state index contributed by atoms with van der Waals surface area (Å²) in [6, 6.07) is 11.0. The smallest absolute Gasteiger partial charge is 0.350 e. The fraction of sp³-hybridized carbons (Fsp3) is 0.0556. The number of rotatable bonds is 4. The highest BCUT2D eigenvalue weighted by Crippen LogP contribution is 2.24. The molecule has 1 amide bonds. The number of carbonyl (C=O) groups excluding carboxylic acids is 2. The number of hydrogen-bond acceptors (Lipinski definition) is 5. The molecule has 0 radical (unpaired) electrons. The molecular formula is C18H13N3O3S. The zero-order chi connectivity index (χ0) is 17.8. The summed E-state index contributed by atoms with van der Waals surface area (Å²) in [6.07, 6.45) is 3.33. The fourth-order valence-corrected chi connectivity index (χ4v) is 3.09. The number of esters is 1. The Morgan fingerprint density at radius 1 is 1.32 bits per heavy atom. The molecule has 0 aliphatic heterocycles. The standard InChI is InChI=1S/C18H13N3O3S/c1-24-18(23)16-15(5-7-25-16)21-17(22)13(10-19)9-11-2-3-14-12(8-11)4-6-20-14/h2-9,20H,1H3,(H,21,22). The second-order valence-corrected chi connectivity index (χ2v) is 6.02. The van der Waals surface area contributed by atoms with Crippen LogP contribution in [0, 0.1) is 11.3 Å². The fourth-order valence-electron chi connectivity index (χ4n) is 2.32. The molecule has 0 atom stereocenters. The van der Waals surface area contributed by atoms with Crippen LogP contribution < -0.4 is 5.32 Å². The summed E-state index contributed by atoms with van der Waals surface area (Å²) in [4.78, 5) is 27.4. The highest BCUT2D eigenvalue weighted by molar-refractivity contribution is 7.12. The number of hydrogen-bond donors (Lipinski definition) is 2. The highest BCUT2D eigenvalue weighted by Gasteiger charge is 2.17. The molecule has 1 aromatic carbocycles. The first-order valence-corrected chi connectivity index (χ1v) is 8.16. The molecular weight excluding hydrogens is 338 g/mol. The van der Waals surface area contributed by atoms with Gasteiger partial charge in [-0.3, -0.25) is 4.79 Å². The number of aromatic nitrogens is 1. The van der Waals surface area contributed by atoms with Gasteiger partial charge in [-0.1, -0.05) is 6.07 Å². The molecule has 124 valence electrons. The van der Waals surface area contributed by atoms with E-state index in [0.717, 1.165) is 27.8 Å². The molecule has 0 unspecified atom stereocenters. The Labute approximate surface area is 147 Å². The Bertz CT molecular complexity index is 1020. The van der Waals surface area contributed by atoms with E-state index >= 15 is 0 Å². The number of H-pyrrole nitrogens is 1. The number of thiophene rings is 1. The quantitative estimate of drug-likeness (QED) is 0.427. The minimum Gasteiger partial charge on any atom is -0.465 e. The SMILES string of the molecule is COC(=O)c1sccc1NC(=O)C(C#N)=Cc1ccc2[nH]ccc2c1. The Balaban J connectivity index is 1.85. The molecule has 0 bridgehead atoms. The predicted octanol–water partition coefficient (Wildman–Crippen LogP) is 3.56. The van der Waals surface area contributed by atoms with Gasteiger partial charge in [0.2, 0.25) is 0 Å². The van der Waals surface area contributed by atoms with Crippen LogP contribution in [-0.2, 0) is 9.53 Å². The lowest BCUT2D eigenvalue weighted by atomic mass is 10.1. The maximum absolute atomic E-state index is 12.4. The van der Waals surface area contributed by atoms with E-state index in [-0.39, 0.29) is 10.5 Å². The maximum atomic E-state index is 12.4. The molecule has 0 aliphatic carbocycles. The van der Waals surface area contributed by atoms with Gasteiger partial charge < -0.3 is 15.0 Å². The first-order valence-electron chi connectivity index (χ1n) is 7.28. The third-order valence-corrected chi connectivity index (χ3v) is 4.43. The van der Waals surface area contributed by atoms with E-state index < -0.39 is 11.9 Å². The van der Waals surface area contributed by atoms with Gasteiger partial charge in [-0.2, -0.15) is 5.26 Å². The van der Waals surface area contributed by atoms with Crippen molar-refractivity contribution in [3.63, 3.8) is 0 Å². The summed E-state index contributed by atoms with van der Waals surface area (Å²) < 4.78 is 4.67. The number of nitriles is 1. The molecule has 7 heteroatoms. The number of carbonyl (C=O) groups is 2. The second-order valence-electron chi connectivity index (χ2n) is 5.10. The van der Waals surface area contributed by atoms with Gasteiger partial charge in [0.25, 0.3) is 5.91 Å². The largest absolute Gasteiger partial charge is 0.465 e. The predicted molar refractivity (Wildman–Crippen MR) is 96.2 cm³/mol. The number of ether oxygens (including phenoxy) is 1. The van der Waals surface area contributed by atoms with Gasteiger partial charge in [0.15, 0.2) is 0 Å². The number of methoxy groups -OCH3 is 1. The van der Waals surface area contributed by atoms with Gasteiger partial charge in [0.05, 0.1) is 12.8 Å². The number of amides is 1. The van der Waals surface area contributed by atoms with Crippen LogP contribution in [0.5, 0.6) is 0 Å². The van der Waals surface area contributed by atoms with Crippen LogP contribution in [0.1, 0.15) is 15.2 Å². The number of benzene rings is 1. The number of anilines is 1. The zero-order valence-corrected chi connectivity index (χ0v) is 14.0.